The van der Waals surface area contributed by atoms with Gasteiger partial charge in [-0.05, 0) is 26.2 Å². The van der Waals surface area contributed by atoms with E-state index in [1.807, 2.05) is 11.8 Å². The molecule has 1 atom stereocenters. The highest BCUT2D eigenvalue weighted by Crippen LogP contribution is 2.16. The third-order valence-electron chi connectivity index (χ3n) is 3.80. The fourth-order valence-electron chi connectivity index (χ4n) is 2.50. The lowest BCUT2D eigenvalue weighted by Crippen LogP contribution is -2.49. The maximum absolute atomic E-state index is 12.3. The molecule has 0 aromatic carbocycles. The lowest BCUT2D eigenvalue weighted by atomic mass is 9.99. The van der Waals surface area contributed by atoms with Crippen molar-refractivity contribution in [1.82, 2.24) is 9.62 Å². The Hall–Kier alpha value is -0.660. The van der Waals surface area contributed by atoms with E-state index in [4.69, 9.17) is 5.73 Å². The average Bonchev–Trinajstić information content (AvgIpc) is 2.44. The van der Waals surface area contributed by atoms with Crippen molar-refractivity contribution in [3.05, 3.63) is 0 Å². The summed E-state index contributed by atoms with van der Waals surface area (Å²) in [6, 6.07) is -0.0495. The molecule has 0 saturated carbocycles. The van der Waals surface area contributed by atoms with Gasteiger partial charge in [-0.1, -0.05) is 13.3 Å². The molecule has 6 nitrogen and oxygen atoms in total. The second kappa shape index (κ2) is 7.95. The van der Waals surface area contributed by atoms with E-state index < -0.39 is 10.0 Å². The lowest BCUT2D eigenvalue weighted by molar-refractivity contribution is -0.136. The number of nitrogens with one attached hydrogen (secondary N) is 1. The minimum absolute atomic E-state index is 0.0495. The molecule has 118 valence electrons. The molecule has 1 heterocycles. The van der Waals surface area contributed by atoms with Crippen LogP contribution < -0.4 is 10.5 Å². The summed E-state index contributed by atoms with van der Waals surface area (Å²) in [5.41, 5.74) is 5.66. The topological polar surface area (TPSA) is 92.5 Å². The summed E-state index contributed by atoms with van der Waals surface area (Å²) in [5, 5.41) is 0. The Labute approximate surface area is 122 Å². The minimum Gasteiger partial charge on any atom is -0.342 e. The molecule has 3 N–H and O–H groups in total. The van der Waals surface area contributed by atoms with E-state index in [1.54, 1.807) is 6.92 Å². The van der Waals surface area contributed by atoms with Crippen LogP contribution in [0.5, 0.6) is 0 Å². The molecule has 1 aliphatic heterocycles. The Morgan fingerprint density at radius 3 is 2.40 bits per heavy atom. The fraction of sp³-hybridized carbons (Fsp3) is 0.923. The summed E-state index contributed by atoms with van der Waals surface area (Å²) in [7, 11) is -3.16. The molecule has 0 aromatic heterocycles. The Kier molecular flexibility index (Phi) is 6.91. The summed E-state index contributed by atoms with van der Waals surface area (Å²) in [4.78, 5) is 14.1. The molecule has 1 rings (SSSR count). The van der Waals surface area contributed by atoms with Gasteiger partial charge in [0.05, 0.1) is 11.7 Å². The van der Waals surface area contributed by atoms with Gasteiger partial charge in [0.1, 0.15) is 0 Å². The summed E-state index contributed by atoms with van der Waals surface area (Å²) >= 11 is 0. The van der Waals surface area contributed by atoms with E-state index in [9.17, 15) is 13.2 Å². The standard InChI is InChI=1S/C13H27N3O3S/c1-3-5-11(10-14)13(17)16-8-6-12(7-9-16)15-20(18,19)4-2/h11-12,15H,3-10,14H2,1-2H3. The Bertz CT molecular complexity index is 403. The van der Waals surface area contributed by atoms with Crippen molar-refractivity contribution in [2.24, 2.45) is 11.7 Å². The maximum atomic E-state index is 12.3. The quantitative estimate of drug-likeness (QED) is 0.707. The van der Waals surface area contributed by atoms with Gasteiger partial charge in [0, 0.05) is 25.7 Å². The monoisotopic (exact) mass is 305 g/mol. The van der Waals surface area contributed by atoms with Gasteiger partial charge in [-0.15, -0.1) is 0 Å². The molecule has 0 aromatic rings. The third-order valence-corrected chi connectivity index (χ3v) is 5.26. The summed E-state index contributed by atoms with van der Waals surface area (Å²) in [5.74, 6) is 0.118. The van der Waals surface area contributed by atoms with E-state index in [0.29, 0.717) is 32.5 Å². The average molecular weight is 305 g/mol. The maximum Gasteiger partial charge on any atom is 0.226 e. The van der Waals surface area contributed by atoms with Gasteiger partial charge in [-0.25, -0.2) is 13.1 Å². The van der Waals surface area contributed by atoms with Crippen LogP contribution in [0, 0.1) is 5.92 Å². The predicted octanol–water partition coefficient (Wildman–Crippen LogP) is 0.292. The van der Waals surface area contributed by atoms with Gasteiger partial charge < -0.3 is 10.6 Å². The van der Waals surface area contributed by atoms with Gasteiger partial charge in [-0.2, -0.15) is 0 Å². The highest BCUT2D eigenvalue weighted by Gasteiger charge is 2.28. The second-order valence-corrected chi connectivity index (χ2v) is 7.38. The van der Waals surface area contributed by atoms with Crippen LogP contribution in [0.1, 0.15) is 39.5 Å². The number of hydrogen-bond donors (Lipinski definition) is 2. The van der Waals surface area contributed by atoms with Crippen molar-refractivity contribution >= 4 is 15.9 Å². The normalized spacial score (nSPS) is 19.1. The number of amides is 1. The highest BCUT2D eigenvalue weighted by molar-refractivity contribution is 7.89. The number of nitrogens with zero attached hydrogens (tertiary/aromatic N) is 1. The molecule has 1 aliphatic rings. The van der Waals surface area contributed by atoms with Crippen LogP contribution in [0.2, 0.25) is 0 Å². The Balaban J connectivity index is 2.47. The van der Waals surface area contributed by atoms with Crippen molar-refractivity contribution in [1.29, 1.82) is 0 Å². The van der Waals surface area contributed by atoms with Crippen molar-refractivity contribution in [2.45, 2.75) is 45.6 Å². The van der Waals surface area contributed by atoms with Crippen molar-refractivity contribution < 1.29 is 13.2 Å². The van der Waals surface area contributed by atoms with Crippen molar-refractivity contribution in [2.75, 3.05) is 25.4 Å². The highest BCUT2D eigenvalue weighted by atomic mass is 32.2. The van der Waals surface area contributed by atoms with Gasteiger partial charge in [-0.3, -0.25) is 4.79 Å². The number of piperidine rings is 1. The van der Waals surface area contributed by atoms with Crippen LogP contribution in [0.25, 0.3) is 0 Å². The summed E-state index contributed by atoms with van der Waals surface area (Å²) in [6.45, 7) is 5.26. The molecule has 1 fully saturated rings. The second-order valence-electron chi connectivity index (χ2n) is 5.34. The molecule has 0 spiro atoms. The zero-order valence-corrected chi connectivity index (χ0v) is 13.3. The van der Waals surface area contributed by atoms with Gasteiger partial charge in [0.2, 0.25) is 15.9 Å². The van der Waals surface area contributed by atoms with Gasteiger partial charge >= 0.3 is 0 Å². The number of nitrogens with two attached hydrogens (primary N) is 1. The smallest absolute Gasteiger partial charge is 0.226 e. The van der Waals surface area contributed by atoms with E-state index in [1.165, 1.54) is 0 Å². The number of likely N-dealkylation sites (tertiary alicyclic amines) is 1. The first kappa shape index (κ1) is 17.4. The van der Waals surface area contributed by atoms with Crippen LogP contribution in [0.3, 0.4) is 0 Å². The molecule has 1 amide bonds. The molecule has 0 radical (unpaired) electrons. The molecule has 0 aliphatic carbocycles. The number of hydrogen-bond acceptors (Lipinski definition) is 4. The van der Waals surface area contributed by atoms with E-state index in [-0.39, 0.29) is 23.6 Å². The first-order valence-corrected chi connectivity index (χ1v) is 9.07. The largest absolute Gasteiger partial charge is 0.342 e. The van der Waals surface area contributed by atoms with E-state index in [0.717, 1.165) is 12.8 Å². The van der Waals surface area contributed by atoms with Gasteiger partial charge in [0.15, 0.2) is 0 Å². The van der Waals surface area contributed by atoms with Crippen LogP contribution in [-0.2, 0) is 14.8 Å². The number of carbonyl (C=O) groups is 1. The molecule has 20 heavy (non-hydrogen) atoms. The number of rotatable bonds is 7. The van der Waals surface area contributed by atoms with Crippen molar-refractivity contribution in [3.63, 3.8) is 0 Å². The van der Waals surface area contributed by atoms with Crippen LogP contribution in [-0.4, -0.2) is 50.7 Å². The van der Waals surface area contributed by atoms with Crippen LogP contribution >= 0.6 is 0 Å². The molecule has 7 heteroatoms. The van der Waals surface area contributed by atoms with Crippen LogP contribution in [0.15, 0.2) is 0 Å². The van der Waals surface area contributed by atoms with E-state index in [2.05, 4.69) is 4.72 Å². The summed E-state index contributed by atoms with van der Waals surface area (Å²) in [6.07, 6.45) is 3.11. The Morgan fingerprint density at radius 2 is 1.95 bits per heavy atom. The molecular weight excluding hydrogens is 278 g/mol. The zero-order valence-electron chi connectivity index (χ0n) is 12.5. The molecule has 1 unspecified atom stereocenters. The van der Waals surface area contributed by atoms with Crippen LogP contribution in [0.4, 0.5) is 0 Å². The minimum atomic E-state index is -3.16. The first-order chi connectivity index (χ1) is 9.43. The van der Waals surface area contributed by atoms with Crippen molar-refractivity contribution in [3.8, 4) is 0 Å². The summed E-state index contributed by atoms with van der Waals surface area (Å²) < 4.78 is 25.7. The zero-order chi connectivity index (χ0) is 15.2. The predicted molar refractivity (Wildman–Crippen MR) is 79.7 cm³/mol. The lowest BCUT2D eigenvalue weighted by Gasteiger charge is -2.34. The molecular formula is C13H27N3O3S. The molecule has 0 bridgehead atoms. The van der Waals surface area contributed by atoms with Gasteiger partial charge in [0.25, 0.3) is 0 Å². The fourth-order valence-corrected chi connectivity index (χ4v) is 3.41. The Morgan fingerprint density at radius 1 is 1.35 bits per heavy atom. The van der Waals surface area contributed by atoms with E-state index >= 15 is 0 Å². The first-order valence-electron chi connectivity index (χ1n) is 7.42. The molecule has 1 saturated heterocycles. The third kappa shape index (κ3) is 5.03. The number of sulfonamides is 1. The number of carbonyl (C=O) groups excluding carboxylic acids is 1. The SMILES string of the molecule is CCCC(CN)C(=O)N1CCC(NS(=O)(=O)CC)CC1.